The quantitative estimate of drug-likeness (QED) is 0.862. The van der Waals surface area contributed by atoms with Crippen molar-refractivity contribution in [3.05, 3.63) is 29.3 Å². The van der Waals surface area contributed by atoms with E-state index in [1.807, 2.05) is 0 Å². The normalized spacial score (nSPS) is 14.8. The van der Waals surface area contributed by atoms with Crippen LogP contribution in [0.25, 0.3) is 0 Å². The first-order valence-electron chi connectivity index (χ1n) is 6.73. The zero-order chi connectivity index (χ0) is 15.2. The van der Waals surface area contributed by atoms with E-state index < -0.39 is 0 Å². The van der Waals surface area contributed by atoms with Crippen LogP contribution in [0.5, 0.6) is 5.75 Å². The summed E-state index contributed by atoms with van der Waals surface area (Å²) in [6.45, 7) is 3.84. The number of amides is 3. The molecule has 6 nitrogen and oxygen atoms in total. The fourth-order valence-corrected chi connectivity index (χ4v) is 2.17. The first-order chi connectivity index (χ1) is 10.1. The minimum Gasteiger partial charge on any atom is -0.473 e. The fraction of sp³-hybridized carbons (Fsp3) is 0.429. The fourth-order valence-electron chi connectivity index (χ4n) is 2.05. The van der Waals surface area contributed by atoms with E-state index in [4.69, 9.17) is 16.3 Å². The maximum absolute atomic E-state index is 11.9. The Morgan fingerprint density at radius 3 is 2.29 bits per heavy atom. The molecule has 1 aliphatic rings. The second-order valence-electron chi connectivity index (χ2n) is 4.72. The van der Waals surface area contributed by atoms with Crippen LogP contribution in [0.2, 0.25) is 5.02 Å². The van der Waals surface area contributed by atoms with Gasteiger partial charge in [0.05, 0.1) is 0 Å². The lowest BCUT2D eigenvalue weighted by Crippen LogP contribution is -2.53. The van der Waals surface area contributed by atoms with Crippen molar-refractivity contribution in [1.82, 2.24) is 15.1 Å². The van der Waals surface area contributed by atoms with Crippen LogP contribution in [0.3, 0.4) is 0 Å². The molecule has 0 aromatic heterocycles. The maximum Gasteiger partial charge on any atom is 0.320 e. The van der Waals surface area contributed by atoms with Gasteiger partial charge in [-0.25, -0.2) is 4.79 Å². The predicted molar refractivity (Wildman–Crippen MR) is 79.3 cm³/mol. The zero-order valence-electron chi connectivity index (χ0n) is 11.8. The monoisotopic (exact) mass is 311 g/mol. The number of ether oxygens (including phenoxy) is 1. The highest BCUT2D eigenvalue weighted by Crippen LogP contribution is 2.15. The molecule has 0 atom stereocenters. The minimum absolute atomic E-state index is 0.0427. The summed E-state index contributed by atoms with van der Waals surface area (Å²) < 4.78 is 5.40. The largest absolute Gasteiger partial charge is 0.473 e. The lowest BCUT2D eigenvalue weighted by Gasteiger charge is -2.34. The summed E-state index contributed by atoms with van der Waals surface area (Å²) >= 11 is 5.77. The van der Waals surface area contributed by atoms with Gasteiger partial charge >= 0.3 is 6.03 Å². The molecule has 0 bridgehead atoms. The van der Waals surface area contributed by atoms with E-state index in [9.17, 15) is 9.59 Å². The number of urea groups is 1. The van der Waals surface area contributed by atoms with Crippen molar-refractivity contribution in [1.29, 1.82) is 0 Å². The molecule has 0 saturated carbocycles. The van der Waals surface area contributed by atoms with Gasteiger partial charge in [-0.1, -0.05) is 11.6 Å². The molecule has 0 radical (unpaired) electrons. The lowest BCUT2D eigenvalue weighted by atomic mass is 10.3. The molecule has 0 unspecified atom stereocenters. The van der Waals surface area contributed by atoms with Gasteiger partial charge in [-0.15, -0.1) is 0 Å². The molecule has 7 heteroatoms. The first kappa shape index (κ1) is 15.4. The number of piperazine rings is 1. The van der Waals surface area contributed by atoms with Crippen LogP contribution in [0.1, 0.15) is 6.92 Å². The SMILES string of the molecule is CC(=O)N1CCN(C(=O)NCOc2ccc(Cl)cc2)CC1. The van der Waals surface area contributed by atoms with Crippen molar-refractivity contribution in [3.63, 3.8) is 0 Å². The first-order valence-corrected chi connectivity index (χ1v) is 7.11. The zero-order valence-corrected chi connectivity index (χ0v) is 12.6. The highest BCUT2D eigenvalue weighted by atomic mass is 35.5. The molecule has 1 fully saturated rings. The van der Waals surface area contributed by atoms with Crippen molar-refractivity contribution in [2.24, 2.45) is 0 Å². The average molecular weight is 312 g/mol. The molecule has 1 aromatic carbocycles. The summed E-state index contributed by atoms with van der Waals surface area (Å²) in [7, 11) is 0. The molecule has 3 amide bonds. The Kier molecular flexibility index (Phi) is 5.27. The van der Waals surface area contributed by atoms with E-state index in [1.54, 1.807) is 34.1 Å². The number of nitrogens with one attached hydrogen (secondary N) is 1. The second-order valence-corrected chi connectivity index (χ2v) is 5.15. The molecule has 1 saturated heterocycles. The molecule has 1 heterocycles. The van der Waals surface area contributed by atoms with Crippen molar-refractivity contribution in [2.45, 2.75) is 6.92 Å². The van der Waals surface area contributed by atoms with Gasteiger partial charge in [0, 0.05) is 38.1 Å². The van der Waals surface area contributed by atoms with E-state index in [-0.39, 0.29) is 18.7 Å². The number of hydrogen-bond donors (Lipinski definition) is 1. The van der Waals surface area contributed by atoms with Crippen LogP contribution in [0.4, 0.5) is 4.79 Å². The van der Waals surface area contributed by atoms with Crippen LogP contribution in [0, 0.1) is 0 Å². The Bertz CT molecular complexity index is 499. The predicted octanol–water partition coefficient (Wildman–Crippen LogP) is 1.55. The maximum atomic E-state index is 11.9. The number of rotatable bonds is 3. The third-order valence-corrected chi connectivity index (χ3v) is 3.54. The van der Waals surface area contributed by atoms with E-state index in [0.29, 0.717) is 37.0 Å². The molecule has 0 aliphatic carbocycles. The molecular formula is C14H18ClN3O3. The number of benzene rings is 1. The van der Waals surface area contributed by atoms with Crippen LogP contribution < -0.4 is 10.1 Å². The van der Waals surface area contributed by atoms with Crippen LogP contribution in [-0.2, 0) is 4.79 Å². The van der Waals surface area contributed by atoms with E-state index in [0.717, 1.165) is 0 Å². The number of carbonyl (C=O) groups is 2. The van der Waals surface area contributed by atoms with Crippen LogP contribution in [0.15, 0.2) is 24.3 Å². The Morgan fingerprint density at radius 2 is 1.71 bits per heavy atom. The smallest absolute Gasteiger partial charge is 0.320 e. The molecule has 1 aromatic rings. The molecular weight excluding hydrogens is 294 g/mol. The third kappa shape index (κ3) is 4.53. The molecule has 0 spiro atoms. The number of halogens is 1. The highest BCUT2D eigenvalue weighted by molar-refractivity contribution is 6.30. The van der Waals surface area contributed by atoms with Gasteiger partial charge in [-0.2, -0.15) is 0 Å². The summed E-state index contributed by atoms with van der Waals surface area (Å²) in [4.78, 5) is 26.5. The van der Waals surface area contributed by atoms with Crippen molar-refractivity contribution in [3.8, 4) is 5.75 Å². The molecule has 1 aliphatic heterocycles. The summed E-state index contributed by atoms with van der Waals surface area (Å²) in [6.07, 6.45) is 0. The van der Waals surface area contributed by atoms with Crippen LogP contribution >= 0.6 is 11.6 Å². The molecule has 21 heavy (non-hydrogen) atoms. The van der Waals surface area contributed by atoms with Gasteiger partial charge in [-0.05, 0) is 24.3 Å². The standard InChI is InChI=1S/C14H18ClN3O3/c1-11(19)17-6-8-18(9-7-17)14(20)16-10-21-13-4-2-12(15)3-5-13/h2-5H,6-10H2,1H3,(H,16,20). The molecule has 114 valence electrons. The van der Waals surface area contributed by atoms with E-state index in [2.05, 4.69) is 5.32 Å². The van der Waals surface area contributed by atoms with Gasteiger partial charge in [0.25, 0.3) is 0 Å². The van der Waals surface area contributed by atoms with E-state index >= 15 is 0 Å². The Hall–Kier alpha value is -1.95. The van der Waals surface area contributed by atoms with Gasteiger partial charge in [0.2, 0.25) is 5.91 Å². The lowest BCUT2D eigenvalue weighted by molar-refractivity contribution is -0.130. The number of carbonyl (C=O) groups excluding carboxylic acids is 2. The van der Waals surface area contributed by atoms with Crippen molar-refractivity contribution >= 4 is 23.5 Å². The Morgan fingerprint density at radius 1 is 1.14 bits per heavy atom. The van der Waals surface area contributed by atoms with Gasteiger partial charge in [0.1, 0.15) is 5.75 Å². The van der Waals surface area contributed by atoms with E-state index in [1.165, 1.54) is 6.92 Å². The van der Waals surface area contributed by atoms with Gasteiger partial charge < -0.3 is 19.9 Å². The summed E-state index contributed by atoms with van der Waals surface area (Å²) in [5.74, 6) is 0.683. The minimum atomic E-state index is -0.188. The average Bonchev–Trinajstić information content (AvgIpc) is 2.49. The topological polar surface area (TPSA) is 61.9 Å². The Balaban J connectivity index is 1.70. The van der Waals surface area contributed by atoms with Crippen molar-refractivity contribution in [2.75, 3.05) is 32.9 Å². The summed E-state index contributed by atoms with van der Waals surface area (Å²) in [6, 6.07) is 6.73. The third-order valence-electron chi connectivity index (χ3n) is 3.29. The molecule has 1 N–H and O–H groups in total. The number of nitrogens with zero attached hydrogens (tertiary/aromatic N) is 2. The van der Waals surface area contributed by atoms with Crippen molar-refractivity contribution < 1.29 is 14.3 Å². The van der Waals surface area contributed by atoms with Gasteiger partial charge in [0.15, 0.2) is 6.73 Å². The van der Waals surface area contributed by atoms with Crippen LogP contribution in [-0.4, -0.2) is 54.6 Å². The number of hydrogen-bond acceptors (Lipinski definition) is 3. The summed E-state index contributed by atoms with van der Waals surface area (Å²) in [5.41, 5.74) is 0. The summed E-state index contributed by atoms with van der Waals surface area (Å²) in [5, 5.41) is 3.32. The molecule has 2 rings (SSSR count). The second kappa shape index (κ2) is 7.17. The van der Waals surface area contributed by atoms with Gasteiger partial charge in [-0.3, -0.25) is 4.79 Å². The Labute approximate surface area is 128 Å². The highest BCUT2D eigenvalue weighted by Gasteiger charge is 2.21.